The van der Waals surface area contributed by atoms with Crippen LogP contribution in [0.2, 0.25) is 0 Å². The monoisotopic (exact) mass is 536 g/mol. The third-order valence-electron chi connectivity index (χ3n) is 5.66. The van der Waals surface area contributed by atoms with E-state index in [9.17, 15) is 18.8 Å². The number of rotatable bonds is 7. The largest absolute Gasteiger partial charge is 0.494 e. The molecular formula is C25H33FN4O6S. The molecule has 1 atom stereocenters. The lowest BCUT2D eigenvalue weighted by Crippen LogP contribution is -2.66. The van der Waals surface area contributed by atoms with Gasteiger partial charge >= 0.3 is 12.1 Å². The van der Waals surface area contributed by atoms with Crippen molar-refractivity contribution in [3.8, 4) is 16.3 Å². The van der Waals surface area contributed by atoms with Crippen LogP contribution in [-0.2, 0) is 14.3 Å². The highest BCUT2D eigenvalue weighted by atomic mass is 32.1. The van der Waals surface area contributed by atoms with Crippen LogP contribution in [0.4, 0.5) is 14.2 Å². The minimum absolute atomic E-state index is 0.0584. The van der Waals surface area contributed by atoms with Gasteiger partial charge in [-0.05, 0) is 58.7 Å². The molecule has 10 nitrogen and oxygen atoms in total. The summed E-state index contributed by atoms with van der Waals surface area (Å²) in [7, 11) is 2.87. The van der Waals surface area contributed by atoms with Crippen molar-refractivity contribution in [1.29, 1.82) is 0 Å². The number of thiazole rings is 1. The maximum atomic E-state index is 14.4. The summed E-state index contributed by atoms with van der Waals surface area (Å²) < 4.78 is 30.0. The first-order chi connectivity index (χ1) is 17.4. The maximum absolute atomic E-state index is 14.4. The second-order valence-electron chi connectivity index (χ2n) is 9.56. The number of benzene rings is 1. The van der Waals surface area contributed by atoms with E-state index in [4.69, 9.17) is 14.2 Å². The van der Waals surface area contributed by atoms with Crippen LogP contribution >= 0.6 is 11.3 Å². The number of anilines is 1. The third-order valence-corrected chi connectivity index (χ3v) is 6.82. The molecule has 1 fully saturated rings. The summed E-state index contributed by atoms with van der Waals surface area (Å²) in [5, 5.41) is 6.25. The minimum Gasteiger partial charge on any atom is -0.494 e. The van der Waals surface area contributed by atoms with Crippen molar-refractivity contribution in [1.82, 2.24) is 15.6 Å². The molecule has 0 spiro atoms. The molecule has 12 heteroatoms. The zero-order valence-corrected chi connectivity index (χ0v) is 22.7. The number of esters is 1. The Morgan fingerprint density at radius 1 is 1.27 bits per heavy atom. The number of likely N-dealkylation sites (N-methyl/N-ethyl adjacent to an activating group) is 1. The van der Waals surface area contributed by atoms with Crippen LogP contribution in [0.3, 0.4) is 0 Å². The Balaban J connectivity index is 2.01. The van der Waals surface area contributed by atoms with Gasteiger partial charge in [0, 0.05) is 19.2 Å². The molecule has 2 amide bonds. The number of nitrogens with zero attached hydrogens (tertiary/aromatic N) is 2. The Kier molecular flexibility index (Phi) is 8.62. The molecule has 0 radical (unpaired) electrons. The standard InChI is InChI=1S/C25H33FN4O6S/c1-7-35-21(31)18-20(37-19(28-18)15-9-10-17(34-6)16(26)13-15)30-12-8-11-25(14-30,22(32)27-5)29-23(33)36-24(2,3)4/h9-10,13H,7-8,11-12,14H2,1-6H3,(H,27,32)(H,29,33). The van der Waals surface area contributed by atoms with Crippen molar-refractivity contribution in [2.24, 2.45) is 0 Å². The molecule has 0 saturated carbocycles. The molecule has 0 bridgehead atoms. The zero-order valence-electron chi connectivity index (χ0n) is 21.9. The Labute approximate surface area is 219 Å². The molecule has 2 aromatic rings. The van der Waals surface area contributed by atoms with Gasteiger partial charge < -0.3 is 29.7 Å². The predicted octanol–water partition coefficient (Wildman–Crippen LogP) is 3.74. The number of amides is 2. The van der Waals surface area contributed by atoms with E-state index in [1.807, 2.05) is 4.90 Å². The average Bonchev–Trinajstić information content (AvgIpc) is 3.28. The van der Waals surface area contributed by atoms with Crippen LogP contribution < -0.4 is 20.3 Å². The topological polar surface area (TPSA) is 119 Å². The molecule has 3 rings (SSSR count). The molecule has 0 aliphatic carbocycles. The fraction of sp³-hybridized carbons (Fsp3) is 0.520. The van der Waals surface area contributed by atoms with Gasteiger partial charge in [-0.2, -0.15) is 0 Å². The van der Waals surface area contributed by atoms with Crippen LogP contribution in [0, 0.1) is 5.82 Å². The quantitative estimate of drug-likeness (QED) is 0.514. The number of nitrogens with one attached hydrogen (secondary N) is 2. The van der Waals surface area contributed by atoms with Crippen LogP contribution in [0.1, 0.15) is 51.0 Å². The lowest BCUT2D eigenvalue weighted by molar-refractivity contribution is -0.127. The molecule has 1 saturated heterocycles. The van der Waals surface area contributed by atoms with Gasteiger partial charge in [-0.1, -0.05) is 11.3 Å². The lowest BCUT2D eigenvalue weighted by atomic mass is 9.88. The number of methoxy groups -OCH3 is 1. The smallest absolute Gasteiger partial charge is 0.408 e. The molecule has 1 aliphatic heterocycles. The predicted molar refractivity (Wildman–Crippen MR) is 138 cm³/mol. The third kappa shape index (κ3) is 6.48. The van der Waals surface area contributed by atoms with Gasteiger partial charge in [0.25, 0.3) is 0 Å². The summed E-state index contributed by atoms with van der Waals surface area (Å²) in [5.74, 6) is -1.49. The van der Waals surface area contributed by atoms with E-state index < -0.39 is 29.0 Å². The molecule has 1 aliphatic rings. The summed E-state index contributed by atoms with van der Waals surface area (Å²) in [6.07, 6.45) is 0.185. The SMILES string of the molecule is CCOC(=O)c1nc(-c2ccc(OC)c(F)c2)sc1N1CCCC(NC(=O)OC(C)(C)C)(C(=O)NC)C1. The van der Waals surface area contributed by atoms with E-state index in [1.165, 1.54) is 37.6 Å². The summed E-state index contributed by atoms with van der Waals surface area (Å²) >= 11 is 1.18. The summed E-state index contributed by atoms with van der Waals surface area (Å²) in [6.45, 7) is 7.60. The molecule has 37 heavy (non-hydrogen) atoms. The van der Waals surface area contributed by atoms with Crippen molar-refractivity contribution in [3.05, 3.63) is 29.7 Å². The highest BCUT2D eigenvalue weighted by Gasteiger charge is 2.45. The number of hydrogen-bond acceptors (Lipinski definition) is 9. The Bertz CT molecular complexity index is 1160. The summed E-state index contributed by atoms with van der Waals surface area (Å²) in [6, 6.07) is 4.41. The van der Waals surface area contributed by atoms with Crippen LogP contribution in [-0.4, -0.2) is 67.9 Å². The van der Waals surface area contributed by atoms with Gasteiger partial charge in [0.1, 0.15) is 21.1 Å². The van der Waals surface area contributed by atoms with Gasteiger partial charge in [-0.15, -0.1) is 0 Å². The number of halogens is 1. The highest BCUT2D eigenvalue weighted by molar-refractivity contribution is 7.19. The molecular weight excluding hydrogens is 503 g/mol. The number of carbonyl (C=O) groups excluding carboxylic acids is 3. The zero-order chi connectivity index (χ0) is 27.4. The summed E-state index contributed by atoms with van der Waals surface area (Å²) in [5.41, 5.74) is -1.54. The molecule has 2 N–H and O–H groups in total. The van der Waals surface area contributed by atoms with E-state index in [-0.39, 0.29) is 30.5 Å². The highest BCUT2D eigenvalue weighted by Crippen LogP contribution is 2.39. The van der Waals surface area contributed by atoms with Crippen molar-refractivity contribution in [2.45, 2.75) is 51.7 Å². The van der Waals surface area contributed by atoms with Crippen LogP contribution in [0.15, 0.2) is 18.2 Å². The van der Waals surface area contributed by atoms with Crippen molar-refractivity contribution < 1.29 is 33.0 Å². The Morgan fingerprint density at radius 3 is 2.59 bits per heavy atom. The lowest BCUT2D eigenvalue weighted by Gasteiger charge is -2.42. The first-order valence-corrected chi connectivity index (χ1v) is 12.7. The van der Waals surface area contributed by atoms with Crippen molar-refractivity contribution in [3.63, 3.8) is 0 Å². The van der Waals surface area contributed by atoms with Gasteiger partial charge in [0.05, 0.1) is 20.3 Å². The summed E-state index contributed by atoms with van der Waals surface area (Å²) in [4.78, 5) is 44.9. The van der Waals surface area contributed by atoms with Gasteiger partial charge in [-0.25, -0.2) is 19.0 Å². The normalized spacial score (nSPS) is 17.6. The molecule has 1 aromatic carbocycles. The van der Waals surface area contributed by atoms with Gasteiger partial charge in [-0.3, -0.25) is 4.79 Å². The van der Waals surface area contributed by atoms with Crippen LogP contribution in [0.5, 0.6) is 5.75 Å². The minimum atomic E-state index is -1.31. The molecule has 1 unspecified atom stereocenters. The van der Waals surface area contributed by atoms with Crippen molar-refractivity contribution in [2.75, 3.05) is 38.8 Å². The van der Waals surface area contributed by atoms with Gasteiger partial charge in [0.2, 0.25) is 5.91 Å². The number of ether oxygens (including phenoxy) is 3. The molecule has 202 valence electrons. The van der Waals surface area contributed by atoms with Gasteiger partial charge in [0.15, 0.2) is 17.3 Å². The fourth-order valence-corrected chi connectivity index (χ4v) is 5.17. The van der Waals surface area contributed by atoms with E-state index in [2.05, 4.69) is 15.6 Å². The first kappa shape index (κ1) is 28.2. The number of carbonyl (C=O) groups is 3. The van der Waals surface area contributed by atoms with Crippen LogP contribution in [0.25, 0.3) is 10.6 Å². The second-order valence-corrected chi connectivity index (χ2v) is 10.5. The molecule has 2 heterocycles. The number of piperidine rings is 1. The number of aromatic nitrogens is 1. The van der Waals surface area contributed by atoms with E-state index in [1.54, 1.807) is 33.8 Å². The molecule has 1 aromatic heterocycles. The Hall–Kier alpha value is -3.41. The maximum Gasteiger partial charge on any atom is 0.408 e. The van der Waals surface area contributed by atoms with E-state index in [0.29, 0.717) is 35.0 Å². The van der Waals surface area contributed by atoms with Crippen molar-refractivity contribution >= 4 is 34.3 Å². The number of alkyl carbamates (subject to hydrolysis) is 1. The second kappa shape index (κ2) is 11.3. The van der Waals surface area contributed by atoms with E-state index in [0.717, 1.165) is 0 Å². The van der Waals surface area contributed by atoms with E-state index >= 15 is 0 Å². The fourth-order valence-electron chi connectivity index (χ4n) is 4.09. The Morgan fingerprint density at radius 2 is 2.00 bits per heavy atom. The first-order valence-electron chi connectivity index (χ1n) is 11.9. The number of hydrogen-bond donors (Lipinski definition) is 2. The average molecular weight is 537 g/mol.